The molecule has 19 heavy (non-hydrogen) atoms. The second-order valence-electron chi connectivity index (χ2n) is 4.09. The summed E-state index contributed by atoms with van der Waals surface area (Å²) in [4.78, 5) is 15.5. The number of nitrogens with one attached hydrogen (secondary N) is 1. The molecular formula is C14H20N2O3. The van der Waals surface area contributed by atoms with Gasteiger partial charge >= 0.3 is 5.97 Å². The third-order valence-corrected chi connectivity index (χ3v) is 2.18. The molecule has 0 saturated carbocycles. The topological polar surface area (TPSA) is 60.5 Å². The van der Waals surface area contributed by atoms with Gasteiger partial charge in [-0.25, -0.2) is 9.78 Å². The molecular weight excluding hydrogens is 244 g/mol. The summed E-state index contributed by atoms with van der Waals surface area (Å²) in [6.45, 7) is 9.60. The summed E-state index contributed by atoms with van der Waals surface area (Å²) in [7, 11) is 0. The smallest absolute Gasteiger partial charge is 0.339 e. The summed E-state index contributed by atoms with van der Waals surface area (Å²) >= 11 is 0. The molecule has 0 radical (unpaired) electrons. The molecule has 1 heterocycles. The van der Waals surface area contributed by atoms with Crippen LogP contribution >= 0.6 is 0 Å². The summed E-state index contributed by atoms with van der Waals surface area (Å²) in [5.74, 6) is 0.346. The fraction of sp³-hybridized carbons (Fsp3) is 0.429. The van der Waals surface area contributed by atoms with Crippen molar-refractivity contribution in [1.82, 2.24) is 4.98 Å². The number of anilines is 1. The Morgan fingerprint density at radius 3 is 2.84 bits per heavy atom. The monoisotopic (exact) mass is 264 g/mol. The van der Waals surface area contributed by atoms with Crippen LogP contribution in [0.2, 0.25) is 0 Å². The Morgan fingerprint density at radius 1 is 1.47 bits per heavy atom. The minimum atomic E-state index is -0.355. The largest absolute Gasteiger partial charge is 0.462 e. The lowest BCUT2D eigenvalue weighted by atomic mass is 10.3. The zero-order valence-corrected chi connectivity index (χ0v) is 11.4. The number of hydrogen-bond acceptors (Lipinski definition) is 5. The first-order valence-corrected chi connectivity index (χ1v) is 6.22. The Kier molecular flexibility index (Phi) is 6.60. The van der Waals surface area contributed by atoms with E-state index in [0.29, 0.717) is 37.7 Å². The Morgan fingerprint density at radius 2 is 2.26 bits per heavy atom. The summed E-state index contributed by atoms with van der Waals surface area (Å²) in [6.07, 6.45) is 1.50. The van der Waals surface area contributed by atoms with E-state index < -0.39 is 0 Å². The van der Waals surface area contributed by atoms with E-state index in [-0.39, 0.29) is 5.97 Å². The molecule has 1 aromatic rings. The SMILES string of the molecule is C=C(C)COCCNc1ccc(C(=O)OCC)cn1. The van der Waals surface area contributed by atoms with Gasteiger partial charge in [0.2, 0.25) is 0 Å². The minimum absolute atomic E-state index is 0.355. The van der Waals surface area contributed by atoms with Crippen molar-refractivity contribution < 1.29 is 14.3 Å². The standard InChI is InChI=1S/C14H20N2O3/c1-4-19-14(17)12-5-6-13(16-9-12)15-7-8-18-10-11(2)3/h5-6,9H,2,4,7-8,10H2,1,3H3,(H,15,16). The van der Waals surface area contributed by atoms with Crippen LogP contribution < -0.4 is 5.32 Å². The van der Waals surface area contributed by atoms with Gasteiger partial charge in [0.25, 0.3) is 0 Å². The highest BCUT2D eigenvalue weighted by molar-refractivity contribution is 5.89. The lowest BCUT2D eigenvalue weighted by Crippen LogP contribution is -2.11. The van der Waals surface area contributed by atoms with Crippen LogP contribution in [0.3, 0.4) is 0 Å². The molecule has 5 nitrogen and oxygen atoms in total. The molecule has 0 saturated heterocycles. The molecule has 0 aliphatic heterocycles. The van der Waals surface area contributed by atoms with E-state index in [4.69, 9.17) is 9.47 Å². The van der Waals surface area contributed by atoms with Crippen molar-refractivity contribution in [3.63, 3.8) is 0 Å². The number of hydrogen-bond donors (Lipinski definition) is 1. The lowest BCUT2D eigenvalue weighted by Gasteiger charge is -2.07. The van der Waals surface area contributed by atoms with Crippen molar-refractivity contribution >= 4 is 11.8 Å². The lowest BCUT2D eigenvalue weighted by molar-refractivity contribution is 0.0526. The normalized spacial score (nSPS) is 10.0. The van der Waals surface area contributed by atoms with E-state index in [1.807, 2.05) is 6.92 Å². The Hall–Kier alpha value is -1.88. The van der Waals surface area contributed by atoms with Crippen molar-refractivity contribution in [3.05, 3.63) is 36.0 Å². The summed E-state index contributed by atoms with van der Waals surface area (Å²) in [5, 5.41) is 3.10. The quantitative estimate of drug-likeness (QED) is 0.443. The molecule has 1 rings (SSSR count). The zero-order chi connectivity index (χ0) is 14.1. The molecule has 5 heteroatoms. The molecule has 0 amide bonds. The maximum absolute atomic E-state index is 11.4. The number of carbonyl (C=O) groups is 1. The van der Waals surface area contributed by atoms with Gasteiger partial charge in [-0.05, 0) is 26.0 Å². The molecule has 0 spiro atoms. The van der Waals surface area contributed by atoms with Crippen LogP contribution in [0.4, 0.5) is 5.82 Å². The Labute approximate surface area is 113 Å². The van der Waals surface area contributed by atoms with Gasteiger partial charge in [-0.15, -0.1) is 0 Å². The number of nitrogens with zero attached hydrogens (tertiary/aromatic N) is 1. The van der Waals surface area contributed by atoms with Crippen LogP contribution in [0.1, 0.15) is 24.2 Å². The van der Waals surface area contributed by atoms with E-state index in [9.17, 15) is 4.79 Å². The third-order valence-electron chi connectivity index (χ3n) is 2.18. The first-order valence-electron chi connectivity index (χ1n) is 6.22. The highest BCUT2D eigenvalue weighted by Crippen LogP contribution is 2.06. The average Bonchev–Trinajstić information content (AvgIpc) is 2.39. The van der Waals surface area contributed by atoms with Crippen molar-refractivity contribution in [3.8, 4) is 0 Å². The molecule has 0 aromatic carbocycles. The van der Waals surface area contributed by atoms with Crippen LogP contribution in [-0.4, -0.2) is 37.3 Å². The number of carbonyl (C=O) groups excluding carboxylic acids is 1. The molecule has 104 valence electrons. The second-order valence-corrected chi connectivity index (χ2v) is 4.09. The fourth-order valence-electron chi connectivity index (χ4n) is 1.33. The van der Waals surface area contributed by atoms with Crippen LogP contribution in [0.25, 0.3) is 0 Å². The molecule has 0 bridgehead atoms. The van der Waals surface area contributed by atoms with E-state index in [1.54, 1.807) is 19.1 Å². The summed E-state index contributed by atoms with van der Waals surface area (Å²) < 4.78 is 10.2. The zero-order valence-electron chi connectivity index (χ0n) is 11.4. The third kappa shape index (κ3) is 6.01. The van der Waals surface area contributed by atoms with Crippen molar-refractivity contribution in [2.45, 2.75) is 13.8 Å². The Balaban J connectivity index is 2.32. The predicted octanol–water partition coefficient (Wildman–Crippen LogP) is 2.26. The van der Waals surface area contributed by atoms with E-state index in [0.717, 1.165) is 5.57 Å². The van der Waals surface area contributed by atoms with Gasteiger partial charge in [-0.1, -0.05) is 12.2 Å². The highest BCUT2D eigenvalue weighted by Gasteiger charge is 2.06. The first kappa shape index (κ1) is 15.2. The first-order chi connectivity index (χ1) is 9.13. The maximum atomic E-state index is 11.4. The van der Waals surface area contributed by atoms with E-state index in [1.165, 1.54) is 6.20 Å². The van der Waals surface area contributed by atoms with Crippen LogP contribution in [0, 0.1) is 0 Å². The summed E-state index contributed by atoms with van der Waals surface area (Å²) in [5.41, 5.74) is 1.45. The van der Waals surface area contributed by atoms with Gasteiger partial charge in [0.1, 0.15) is 5.82 Å². The maximum Gasteiger partial charge on any atom is 0.339 e. The Bertz CT molecular complexity index is 415. The van der Waals surface area contributed by atoms with Gasteiger partial charge in [-0.2, -0.15) is 0 Å². The number of pyridine rings is 1. The predicted molar refractivity (Wildman–Crippen MR) is 74.3 cm³/mol. The van der Waals surface area contributed by atoms with Crippen molar-refractivity contribution in [2.75, 3.05) is 31.7 Å². The second kappa shape index (κ2) is 8.26. The van der Waals surface area contributed by atoms with Crippen LogP contribution in [0.5, 0.6) is 0 Å². The number of esters is 1. The van der Waals surface area contributed by atoms with Gasteiger partial charge in [-0.3, -0.25) is 0 Å². The molecule has 1 aromatic heterocycles. The van der Waals surface area contributed by atoms with Crippen LogP contribution in [0.15, 0.2) is 30.5 Å². The minimum Gasteiger partial charge on any atom is -0.462 e. The molecule has 0 fully saturated rings. The van der Waals surface area contributed by atoms with Gasteiger partial charge < -0.3 is 14.8 Å². The molecule has 1 N–H and O–H groups in total. The molecule has 0 unspecified atom stereocenters. The average molecular weight is 264 g/mol. The number of rotatable bonds is 8. The highest BCUT2D eigenvalue weighted by atomic mass is 16.5. The van der Waals surface area contributed by atoms with Crippen molar-refractivity contribution in [2.24, 2.45) is 0 Å². The van der Waals surface area contributed by atoms with Crippen LogP contribution in [-0.2, 0) is 9.47 Å². The molecule has 0 aliphatic carbocycles. The van der Waals surface area contributed by atoms with Gasteiger partial charge in [0, 0.05) is 12.7 Å². The van der Waals surface area contributed by atoms with E-state index >= 15 is 0 Å². The number of aromatic nitrogens is 1. The fourth-order valence-corrected chi connectivity index (χ4v) is 1.33. The van der Waals surface area contributed by atoms with Crippen molar-refractivity contribution in [1.29, 1.82) is 0 Å². The summed E-state index contributed by atoms with van der Waals surface area (Å²) in [6, 6.07) is 3.42. The molecule has 0 aliphatic rings. The van der Waals surface area contributed by atoms with Gasteiger partial charge in [0.05, 0.1) is 25.4 Å². The number of ether oxygens (including phenoxy) is 2. The van der Waals surface area contributed by atoms with Gasteiger partial charge in [0.15, 0.2) is 0 Å². The molecule has 0 atom stereocenters. The van der Waals surface area contributed by atoms with E-state index in [2.05, 4.69) is 16.9 Å².